The first-order valence-electron chi connectivity index (χ1n) is 8.42. The Bertz CT molecular complexity index is 1000. The zero-order valence-corrected chi connectivity index (χ0v) is 15.9. The molecule has 0 saturated carbocycles. The molecule has 7 nitrogen and oxygen atoms in total. The molecule has 0 radical (unpaired) electrons. The summed E-state index contributed by atoms with van der Waals surface area (Å²) in [4.78, 5) is 43.7. The van der Waals surface area contributed by atoms with Crippen molar-refractivity contribution in [3.63, 3.8) is 0 Å². The van der Waals surface area contributed by atoms with Crippen molar-refractivity contribution in [2.45, 2.75) is 13.3 Å². The summed E-state index contributed by atoms with van der Waals surface area (Å²) >= 11 is 1.41. The molecule has 8 heteroatoms. The third-order valence-electron chi connectivity index (χ3n) is 3.70. The minimum atomic E-state index is -0.546. The highest BCUT2D eigenvalue weighted by Gasteiger charge is 2.12. The van der Waals surface area contributed by atoms with Crippen LogP contribution in [0.4, 0.5) is 5.69 Å². The van der Waals surface area contributed by atoms with E-state index in [0.717, 1.165) is 10.6 Å². The SMILES string of the molecule is CC(=O)c1cccc(NC(=O)COC(=O)Cc2csc(-c3cccnc3)n2)c1. The van der Waals surface area contributed by atoms with Gasteiger partial charge in [-0.2, -0.15) is 0 Å². The number of aromatic nitrogens is 2. The molecule has 0 fully saturated rings. The average molecular weight is 395 g/mol. The number of thiazole rings is 1. The standard InChI is InChI=1S/C20H17N3O4S/c1-13(24)14-4-2-6-16(8-14)22-18(25)11-27-19(26)9-17-12-28-20(23-17)15-5-3-7-21-10-15/h2-8,10,12H,9,11H2,1H3,(H,22,25). The molecule has 0 aliphatic rings. The first kappa shape index (κ1) is 19.4. The van der Waals surface area contributed by atoms with Crippen molar-refractivity contribution in [1.29, 1.82) is 0 Å². The molecule has 0 saturated heterocycles. The van der Waals surface area contributed by atoms with Crippen LogP contribution in [0.25, 0.3) is 10.6 Å². The summed E-state index contributed by atoms with van der Waals surface area (Å²) < 4.78 is 5.01. The molecule has 2 heterocycles. The van der Waals surface area contributed by atoms with Crippen molar-refractivity contribution in [2.75, 3.05) is 11.9 Å². The van der Waals surface area contributed by atoms with E-state index in [1.54, 1.807) is 42.0 Å². The lowest BCUT2D eigenvalue weighted by Gasteiger charge is -2.07. The van der Waals surface area contributed by atoms with Crippen LogP contribution in [0.1, 0.15) is 23.0 Å². The molecule has 0 unspecified atom stereocenters. The van der Waals surface area contributed by atoms with Crippen molar-refractivity contribution in [3.05, 3.63) is 65.4 Å². The van der Waals surface area contributed by atoms with Gasteiger partial charge in [-0.15, -0.1) is 11.3 Å². The van der Waals surface area contributed by atoms with Crippen LogP contribution in [0.3, 0.4) is 0 Å². The molecular weight excluding hydrogens is 378 g/mol. The van der Waals surface area contributed by atoms with Crippen LogP contribution >= 0.6 is 11.3 Å². The predicted molar refractivity (Wildman–Crippen MR) is 105 cm³/mol. The summed E-state index contributed by atoms with van der Waals surface area (Å²) in [5.41, 5.74) is 2.40. The van der Waals surface area contributed by atoms with Crippen molar-refractivity contribution >= 4 is 34.7 Å². The Kier molecular flexibility index (Phi) is 6.23. The van der Waals surface area contributed by atoms with Gasteiger partial charge in [-0.1, -0.05) is 12.1 Å². The maximum atomic E-state index is 12.0. The quantitative estimate of drug-likeness (QED) is 0.487. The zero-order chi connectivity index (χ0) is 19.9. The Morgan fingerprint density at radius 2 is 2.04 bits per heavy atom. The number of carbonyl (C=O) groups excluding carboxylic acids is 3. The lowest BCUT2D eigenvalue weighted by Crippen LogP contribution is -2.21. The third-order valence-corrected chi connectivity index (χ3v) is 4.64. The maximum Gasteiger partial charge on any atom is 0.312 e. The first-order valence-corrected chi connectivity index (χ1v) is 9.30. The number of anilines is 1. The number of rotatable bonds is 7. The van der Waals surface area contributed by atoms with E-state index in [0.29, 0.717) is 16.9 Å². The topological polar surface area (TPSA) is 98.2 Å². The van der Waals surface area contributed by atoms with Crippen molar-refractivity contribution in [2.24, 2.45) is 0 Å². The second kappa shape index (κ2) is 9.01. The van der Waals surface area contributed by atoms with E-state index in [2.05, 4.69) is 15.3 Å². The predicted octanol–water partition coefficient (Wildman–Crippen LogP) is 3.13. The first-order chi connectivity index (χ1) is 13.5. The van der Waals surface area contributed by atoms with Crippen LogP contribution in [0.5, 0.6) is 0 Å². The van der Waals surface area contributed by atoms with E-state index in [-0.39, 0.29) is 12.2 Å². The van der Waals surface area contributed by atoms with Crippen molar-refractivity contribution in [3.8, 4) is 10.6 Å². The smallest absolute Gasteiger partial charge is 0.312 e. The molecule has 0 aliphatic carbocycles. The largest absolute Gasteiger partial charge is 0.455 e. The van der Waals surface area contributed by atoms with Crippen molar-refractivity contribution in [1.82, 2.24) is 9.97 Å². The summed E-state index contributed by atoms with van der Waals surface area (Å²) in [5, 5.41) is 5.13. The number of hydrogen-bond acceptors (Lipinski definition) is 7. The number of hydrogen-bond donors (Lipinski definition) is 1. The number of carbonyl (C=O) groups is 3. The van der Waals surface area contributed by atoms with E-state index in [9.17, 15) is 14.4 Å². The van der Waals surface area contributed by atoms with Crippen molar-refractivity contribution < 1.29 is 19.1 Å². The molecule has 2 aromatic heterocycles. The highest BCUT2D eigenvalue weighted by atomic mass is 32.1. The van der Waals surface area contributed by atoms with E-state index >= 15 is 0 Å². The van der Waals surface area contributed by atoms with E-state index in [1.807, 2.05) is 12.1 Å². The molecule has 1 N–H and O–H groups in total. The summed E-state index contributed by atoms with van der Waals surface area (Å²) in [6.45, 7) is 1.03. The molecule has 3 aromatic rings. The molecule has 0 bridgehead atoms. The van der Waals surface area contributed by atoms with Gasteiger partial charge < -0.3 is 10.1 Å². The van der Waals surface area contributed by atoms with Gasteiger partial charge in [0, 0.05) is 34.6 Å². The fourth-order valence-electron chi connectivity index (χ4n) is 2.37. The Hall–Kier alpha value is -3.39. The Morgan fingerprint density at radius 1 is 1.18 bits per heavy atom. The second-order valence-electron chi connectivity index (χ2n) is 5.91. The second-order valence-corrected chi connectivity index (χ2v) is 6.77. The van der Waals surface area contributed by atoms with Crippen LogP contribution in [0, 0.1) is 0 Å². The van der Waals surface area contributed by atoms with Gasteiger partial charge in [-0.05, 0) is 31.2 Å². The molecule has 1 aromatic carbocycles. The molecule has 0 atom stereocenters. The number of amides is 1. The molecule has 28 heavy (non-hydrogen) atoms. The Labute approximate surface area is 165 Å². The number of benzene rings is 1. The number of ketones is 1. The van der Waals surface area contributed by atoms with Gasteiger partial charge in [0.1, 0.15) is 5.01 Å². The zero-order valence-electron chi connectivity index (χ0n) is 15.0. The van der Waals surface area contributed by atoms with E-state index < -0.39 is 18.5 Å². The van der Waals surface area contributed by atoms with Gasteiger partial charge in [0.25, 0.3) is 5.91 Å². The number of Topliss-reactive ketones (excluding diaryl/α,β-unsaturated/α-hetero) is 1. The molecule has 3 rings (SSSR count). The molecule has 1 amide bonds. The van der Waals surface area contributed by atoms with Gasteiger partial charge in [-0.3, -0.25) is 19.4 Å². The summed E-state index contributed by atoms with van der Waals surface area (Å²) in [5.74, 6) is -1.13. The fraction of sp³-hybridized carbons (Fsp3) is 0.150. The lowest BCUT2D eigenvalue weighted by molar-refractivity contribution is -0.146. The van der Waals surface area contributed by atoms with Crippen LogP contribution < -0.4 is 5.32 Å². The van der Waals surface area contributed by atoms with Crippen LogP contribution in [-0.4, -0.2) is 34.2 Å². The van der Waals surface area contributed by atoms with Gasteiger partial charge in [0.15, 0.2) is 12.4 Å². The maximum absolute atomic E-state index is 12.0. The molecule has 142 valence electrons. The minimum absolute atomic E-state index is 0.0239. The summed E-state index contributed by atoms with van der Waals surface area (Å²) in [6, 6.07) is 10.2. The highest BCUT2D eigenvalue weighted by molar-refractivity contribution is 7.13. The lowest BCUT2D eigenvalue weighted by atomic mass is 10.1. The monoisotopic (exact) mass is 395 g/mol. The summed E-state index contributed by atoms with van der Waals surface area (Å²) in [6.07, 6.45) is 3.35. The third kappa shape index (κ3) is 5.31. The van der Waals surface area contributed by atoms with Crippen LogP contribution in [0.2, 0.25) is 0 Å². The summed E-state index contributed by atoms with van der Waals surface area (Å²) in [7, 11) is 0. The Morgan fingerprint density at radius 3 is 2.79 bits per heavy atom. The van der Waals surface area contributed by atoms with Crippen LogP contribution in [0.15, 0.2) is 54.2 Å². The minimum Gasteiger partial charge on any atom is -0.455 e. The Balaban J connectivity index is 1.49. The fourth-order valence-corrected chi connectivity index (χ4v) is 3.18. The van der Waals surface area contributed by atoms with E-state index in [4.69, 9.17) is 4.74 Å². The number of esters is 1. The normalized spacial score (nSPS) is 10.3. The number of pyridine rings is 1. The number of nitrogens with zero attached hydrogens (tertiary/aromatic N) is 2. The number of nitrogens with one attached hydrogen (secondary N) is 1. The molecule has 0 spiro atoms. The van der Waals surface area contributed by atoms with Gasteiger partial charge in [0.05, 0.1) is 12.1 Å². The van der Waals surface area contributed by atoms with Gasteiger partial charge >= 0.3 is 5.97 Å². The average Bonchev–Trinajstić information content (AvgIpc) is 3.16. The van der Waals surface area contributed by atoms with Gasteiger partial charge in [0.2, 0.25) is 0 Å². The molecular formula is C20H17N3O4S. The molecule has 0 aliphatic heterocycles. The van der Waals surface area contributed by atoms with E-state index in [1.165, 1.54) is 18.3 Å². The van der Waals surface area contributed by atoms with Gasteiger partial charge in [-0.25, -0.2) is 4.98 Å². The number of ether oxygens (including phenoxy) is 1. The highest BCUT2D eigenvalue weighted by Crippen LogP contribution is 2.22. The van der Waals surface area contributed by atoms with Crippen LogP contribution in [-0.2, 0) is 20.7 Å².